The molecule has 2 aromatic carbocycles. The summed E-state index contributed by atoms with van der Waals surface area (Å²) in [4.78, 5) is 14.8. The van der Waals surface area contributed by atoms with Gasteiger partial charge in [0.05, 0.1) is 5.02 Å². The predicted molar refractivity (Wildman–Crippen MR) is 96.3 cm³/mol. The van der Waals surface area contributed by atoms with Crippen molar-refractivity contribution in [3.63, 3.8) is 0 Å². The molecule has 1 unspecified atom stereocenters. The number of hydrogen-bond acceptors (Lipinski definition) is 2. The molecule has 0 aliphatic rings. The lowest BCUT2D eigenvalue weighted by molar-refractivity contribution is 0.210. The van der Waals surface area contributed by atoms with Gasteiger partial charge >= 0.3 is 6.03 Å². The van der Waals surface area contributed by atoms with Gasteiger partial charge in [0.15, 0.2) is 0 Å². The monoisotopic (exact) mass is 348 g/mol. The van der Waals surface area contributed by atoms with Gasteiger partial charge in [0.25, 0.3) is 0 Å². The first kappa shape index (κ1) is 17.9. The van der Waals surface area contributed by atoms with Crippen LogP contribution in [-0.4, -0.2) is 25.5 Å². The van der Waals surface area contributed by atoms with Crippen LogP contribution < -0.4 is 10.1 Å². The highest BCUT2D eigenvalue weighted by atomic mass is 35.5. The molecule has 0 aliphatic heterocycles. The second kappa shape index (κ2) is 7.93. The summed E-state index contributed by atoms with van der Waals surface area (Å²) in [6.07, 6.45) is -1.09. The van der Waals surface area contributed by atoms with Crippen molar-refractivity contribution in [3.05, 3.63) is 47.0 Å². The van der Waals surface area contributed by atoms with Crippen molar-refractivity contribution < 1.29 is 13.9 Å². The number of alkyl halides is 1. The highest BCUT2D eigenvalue weighted by Gasteiger charge is 2.14. The van der Waals surface area contributed by atoms with Crippen molar-refractivity contribution in [2.45, 2.75) is 20.0 Å². The first-order valence-corrected chi connectivity index (χ1v) is 7.74. The second-order valence-electron chi connectivity index (χ2n) is 5.32. The molecule has 0 spiro atoms. The molecule has 6 heteroatoms. The fourth-order valence-corrected chi connectivity index (χ4v) is 2.45. The van der Waals surface area contributed by atoms with Gasteiger partial charge in [0.2, 0.25) is 0 Å². The molecular weight excluding hydrogens is 331 g/mol. The Labute approximate surface area is 145 Å². The van der Waals surface area contributed by atoms with E-state index in [0.29, 0.717) is 22.0 Å². The quantitative estimate of drug-likeness (QED) is 0.747. The summed E-state index contributed by atoms with van der Waals surface area (Å²) in [5, 5.41) is 3.12. The number of rotatable bonds is 5. The number of benzene rings is 2. The van der Waals surface area contributed by atoms with Crippen LogP contribution in [0.1, 0.15) is 12.5 Å². The summed E-state index contributed by atoms with van der Waals surface area (Å²) in [7, 11) is 0. The number of urea groups is 1. The van der Waals surface area contributed by atoms with Gasteiger partial charge in [-0.1, -0.05) is 29.8 Å². The number of nitrogens with one attached hydrogen (secondary N) is 1. The van der Waals surface area contributed by atoms with Crippen LogP contribution >= 0.6 is 11.6 Å². The van der Waals surface area contributed by atoms with E-state index < -0.39 is 12.2 Å². The third-order valence-corrected chi connectivity index (χ3v) is 3.67. The van der Waals surface area contributed by atoms with Crippen LogP contribution in [0.25, 0.3) is 11.1 Å². The number of amides is 2. The molecule has 2 amide bonds. The highest BCUT2D eigenvalue weighted by molar-refractivity contribution is 6.33. The van der Waals surface area contributed by atoms with Crippen LogP contribution in [0.4, 0.5) is 14.9 Å². The Morgan fingerprint density at radius 1 is 1.42 bits per heavy atom. The summed E-state index contributed by atoms with van der Waals surface area (Å²) in [6, 6.07) is 10.1. The van der Waals surface area contributed by atoms with Gasteiger partial charge in [-0.25, -0.2) is 14.2 Å². The molecule has 0 heterocycles. The van der Waals surface area contributed by atoms with Crippen molar-refractivity contribution in [3.8, 4) is 16.9 Å². The maximum absolute atomic E-state index is 13.1. The minimum absolute atomic E-state index is 0.0663. The highest BCUT2D eigenvalue weighted by Crippen LogP contribution is 2.38. The third-order valence-electron chi connectivity index (χ3n) is 3.36. The average Bonchev–Trinajstić information content (AvgIpc) is 2.55. The minimum atomic E-state index is -1.09. The lowest BCUT2D eigenvalue weighted by atomic mass is 10.0. The van der Waals surface area contributed by atoms with E-state index in [4.69, 9.17) is 16.3 Å². The summed E-state index contributed by atoms with van der Waals surface area (Å²) >= 11 is 6.31. The zero-order valence-corrected chi connectivity index (χ0v) is 14.2. The first-order chi connectivity index (χ1) is 11.4. The van der Waals surface area contributed by atoms with Crippen LogP contribution in [0.5, 0.6) is 5.75 Å². The Morgan fingerprint density at radius 2 is 2.17 bits per heavy atom. The molecule has 0 bridgehead atoms. The van der Waals surface area contributed by atoms with Crippen molar-refractivity contribution in [2.75, 3.05) is 11.9 Å². The Balaban J connectivity index is 2.45. The Morgan fingerprint density at radius 3 is 2.83 bits per heavy atom. The van der Waals surface area contributed by atoms with Gasteiger partial charge in [0, 0.05) is 11.3 Å². The van der Waals surface area contributed by atoms with Gasteiger partial charge in [-0.05, 0) is 49.9 Å². The van der Waals surface area contributed by atoms with E-state index >= 15 is 0 Å². The summed E-state index contributed by atoms with van der Waals surface area (Å²) in [5.74, 6) is 0.481. The molecule has 4 nitrogen and oxygen atoms in total. The lowest BCUT2D eigenvalue weighted by Gasteiger charge is -2.15. The molecule has 0 saturated carbocycles. The molecule has 0 radical (unpaired) electrons. The largest absolute Gasteiger partial charge is 0.490 e. The fourth-order valence-electron chi connectivity index (χ4n) is 2.18. The topological polar surface area (TPSA) is 50.7 Å². The Hall–Kier alpha value is -2.40. The maximum atomic E-state index is 13.1. The fraction of sp³-hybridized carbons (Fsp3) is 0.222. The van der Waals surface area contributed by atoms with Gasteiger partial charge in [-0.3, -0.25) is 0 Å². The number of aliphatic imine (C=N–C) groups is 1. The van der Waals surface area contributed by atoms with Crippen LogP contribution in [0.2, 0.25) is 5.02 Å². The van der Waals surface area contributed by atoms with Gasteiger partial charge < -0.3 is 10.1 Å². The first-order valence-electron chi connectivity index (χ1n) is 7.36. The molecule has 0 aliphatic carbocycles. The van der Waals surface area contributed by atoms with E-state index in [1.165, 1.54) is 6.92 Å². The number of carbonyl (C=O) groups excluding carboxylic acids is 1. The molecule has 126 valence electrons. The molecule has 1 N–H and O–H groups in total. The number of nitrogens with zero attached hydrogens (tertiary/aromatic N) is 1. The van der Waals surface area contributed by atoms with Crippen LogP contribution in [0, 0.1) is 6.92 Å². The number of halogens is 2. The average molecular weight is 349 g/mol. The molecule has 2 aromatic rings. The van der Waals surface area contributed by atoms with Crippen molar-refractivity contribution >= 4 is 30.0 Å². The number of carbonyl (C=O) groups is 1. The standard InChI is InChI=1S/C18H18ClFN2O2/c1-11-7-8-13(9-15(11)22-18(23)21-3)17-14(19)5-4-6-16(17)24-10-12(2)20/h4-9,12H,3,10H2,1-2H3,(H,22,23). The number of ether oxygens (including phenoxy) is 1. The van der Waals surface area contributed by atoms with Gasteiger partial charge in [-0.2, -0.15) is 0 Å². The van der Waals surface area contributed by atoms with E-state index in [-0.39, 0.29) is 6.61 Å². The SMILES string of the molecule is C=NC(=O)Nc1cc(-c2c(Cl)cccc2OCC(C)F)ccc1C. The van der Waals surface area contributed by atoms with Crippen molar-refractivity contribution in [1.29, 1.82) is 0 Å². The molecule has 0 aromatic heterocycles. The number of anilines is 1. The molecule has 0 saturated heterocycles. The molecule has 1 atom stereocenters. The normalized spacial score (nSPS) is 11.7. The maximum Gasteiger partial charge on any atom is 0.344 e. The summed E-state index contributed by atoms with van der Waals surface area (Å²) in [6.45, 7) is 6.41. The van der Waals surface area contributed by atoms with Crippen LogP contribution in [0.3, 0.4) is 0 Å². The predicted octanol–water partition coefficient (Wildman–Crippen LogP) is 5.28. The Bertz CT molecular complexity index is 763. The van der Waals surface area contributed by atoms with Crippen molar-refractivity contribution in [1.82, 2.24) is 0 Å². The zero-order valence-electron chi connectivity index (χ0n) is 13.5. The van der Waals surface area contributed by atoms with Gasteiger partial charge in [0.1, 0.15) is 18.5 Å². The second-order valence-corrected chi connectivity index (χ2v) is 5.73. The number of aryl methyl sites for hydroxylation is 1. The molecular formula is C18H18ClFN2O2. The van der Waals surface area contributed by atoms with Gasteiger partial charge in [-0.15, -0.1) is 0 Å². The van der Waals surface area contributed by atoms with E-state index in [1.807, 2.05) is 19.1 Å². The smallest absolute Gasteiger partial charge is 0.344 e. The zero-order chi connectivity index (χ0) is 17.7. The lowest BCUT2D eigenvalue weighted by Crippen LogP contribution is -2.09. The van der Waals surface area contributed by atoms with Crippen LogP contribution in [0.15, 0.2) is 41.4 Å². The van der Waals surface area contributed by atoms with E-state index in [1.54, 1.807) is 24.3 Å². The summed E-state index contributed by atoms with van der Waals surface area (Å²) < 4.78 is 18.6. The minimum Gasteiger partial charge on any atom is -0.490 e. The van der Waals surface area contributed by atoms with Crippen LogP contribution in [-0.2, 0) is 0 Å². The van der Waals surface area contributed by atoms with Crippen molar-refractivity contribution in [2.24, 2.45) is 4.99 Å². The van der Waals surface area contributed by atoms with E-state index in [2.05, 4.69) is 17.0 Å². The third kappa shape index (κ3) is 4.32. The van der Waals surface area contributed by atoms with E-state index in [0.717, 1.165) is 11.1 Å². The Kier molecular flexibility index (Phi) is 5.93. The number of hydrogen-bond donors (Lipinski definition) is 1. The molecule has 0 fully saturated rings. The van der Waals surface area contributed by atoms with E-state index in [9.17, 15) is 9.18 Å². The molecule has 24 heavy (non-hydrogen) atoms. The molecule has 2 rings (SSSR count). The summed E-state index contributed by atoms with van der Waals surface area (Å²) in [5.41, 5.74) is 2.84.